The minimum atomic E-state index is -0.349. The van der Waals surface area contributed by atoms with Crippen LogP contribution in [0.2, 0.25) is 0 Å². The third-order valence-corrected chi connectivity index (χ3v) is 7.93. The van der Waals surface area contributed by atoms with E-state index in [9.17, 15) is 9.18 Å². The van der Waals surface area contributed by atoms with E-state index < -0.39 is 0 Å². The Morgan fingerprint density at radius 3 is 2.42 bits per heavy atom. The molecule has 0 aromatic heterocycles. The van der Waals surface area contributed by atoms with Crippen LogP contribution >= 0.6 is 0 Å². The van der Waals surface area contributed by atoms with Crippen LogP contribution in [0, 0.1) is 5.82 Å². The first-order valence-electron chi connectivity index (χ1n) is 12.5. The number of hydrogen-bond donors (Lipinski definition) is 0. The van der Waals surface area contributed by atoms with Gasteiger partial charge in [0, 0.05) is 43.5 Å². The quantitative estimate of drug-likeness (QED) is 0.587. The van der Waals surface area contributed by atoms with Gasteiger partial charge in [0.1, 0.15) is 11.5 Å². The fourth-order valence-electron chi connectivity index (χ4n) is 6.10. The molecule has 2 fully saturated rings. The topological polar surface area (TPSA) is 54.5 Å². The third kappa shape index (κ3) is 3.97. The van der Waals surface area contributed by atoms with Crippen LogP contribution in [0.5, 0.6) is 17.2 Å². The molecule has 8 heteroatoms. The van der Waals surface area contributed by atoms with Gasteiger partial charge in [0.05, 0.1) is 33.4 Å². The van der Waals surface area contributed by atoms with E-state index in [1.807, 2.05) is 23.1 Å². The van der Waals surface area contributed by atoms with E-state index in [0.717, 1.165) is 66.4 Å². The third-order valence-electron chi connectivity index (χ3n) is 7.93. The van der Waals surface area contributed by atoms with E-state index >= 15 is 0 Å². The van der Waals surface area contributed by atoms with Crippen molar-refractivity contribution >= 4 is 6.03 Å². The number of nitrogens with zero attached hydrogens (tertiary/aromatic N) is 3. The Morgan fingerprint density at radius 2 is 1.75 bits per heavy atom. The number of hydrogen-bond acceptors (Lipinski definition) is 5. The van der Waals surface area contributed by atoms with Gasteiger partial charge in [-0.05, 0) is 55.5 Å². The Hall–Kier alpha value is -3.26. The van der Waals surface area contributed by atoms with Crippen molar-refractivity contribution in [2.75, 3.05) is 41.0 Å². The molecule has 5 rings (SSSR count). The summed E-state index contributed by atoms with van der Waals surface area (Å²) in [6, 6.07) is 9.04. The average molecular weight is 496 g/mol. The fraction of sp³-hybridized carbons (Fsp3) is 0.464. The molecule has 0 N–H and O–H groups in total. The van der Waals surface area contributed by atoms with Crippen molar-refractivity contribution in [1.29, 1.82) is 0 Å². The van der Waals surface area contributed by atoms with Gasteiger partial charge in [-0.1, -0.05) is 12.1 Å². The highest BCUT2D eigenvalue weighted by atomic mass is 19.1. The molecule has 0 unspecified atom stereocenters. The molecule has 3 heterocycles. The number of halogens is 1. The summed E-state index contributed by atoms with van der Waals surface area (Å²) in [6.45, 7) is 5.64. The van der Waals surface area contributed by atoms with Crippen LogP contribution in [-0.2, 0) is 19.5 Å². The summed E-state index contributed by atoms with van der Waals surface area (Å²) in [5, 5.41) is 0. The lowest BCUT2D eigenvalue weighted by Gasteiger charge is -2.44. The minimum absolute atomic E-state index is 0.0649. The number of piperidine rings is 1. The molecule has 36 heavy (non-hydrogen) atoms. The standard InChI is InChI=1S/C28H34FN3O4/c1-5-32-27(33)31-18-20-15-21(34-2)16-24(35-3)22(20)7-9-26(31)28(32)10-12-30(13-11-28)17-19-6-8-23(29)25(14-19)36-4/h6,8-9,14-16H,5,7,10-13,17-18H2,1-4H3. The molecule has 0 atom stereocenters. The predicted molar refractivity (Wildman–Crippen MR) is 135 cm³/mol. The van der Waals surface area contributed by atoms with Crippen LogP contribution in [0.25, 0.3) is 0 Å². The van der Waals surface area contributed by atoms with Gasteiger partial charge in [0.15, 0.2) is 11.6 Å². The molecular formula is C28H34FN3O4. The van der Waals surface area contributed by atoms with E-state index in [1.165, 1.54) is 13.2 Å². The number of fused-ring (bicyclic) bond motifs is 3. The number of allylic oxidation sites excluding steroid dienone is 1. The van der Waals surface area contributed by atoms with Gasteiger partial charge in [-0.15, -0.1) is 0 Å². The molecule has 2 aromatic rings. The molecule has 3 aliphatic rings. The highest BCUT2D eigenvalue weighted by molar-refractivity contribution is 5.83. The highest BCUT2D eigenvalue weighted by Crippen LogP contribution is 2.47. The summed E-state index contributed by atoms with van der Waals surface area (Å²) in [5.41, 5.74) is 3.97. The van der Waals surface area contributed by atoms with Crippen molar-refractivity contribution in [3.05, 3.63) is 64.6 Å². The smallest absolute Gasteiger partial charge is 0.325 e. The number of benzene rings is 2. The zero-order valence-corrected chi connectivity index (χ0v) is 21.5. The maximum absolute atomic E-state index is 13.8. The lowest BCUT2D eigenvalue weighted by molar-refractivity contribution is 0.0888. The number of carbonyl (C=O) groups excluding carboxylic acids is 1. The summed E-state index contributed by atoms with van der Waals surface area (Å²) < 4.78 is 30.2. The second-order valence-electron chi connectivity index (χ2n) is 9.65. The van der Waals surface area contributed by atoms with Crippen molar-refractivity contribution in [2.24, 2.45) is 0 Å². The summed E-state index contributed by atoms with van der Waals surface area (Å²) in [5.74, 6) is 1.44. The first-order chi connectivity index (χ1) is 17.4. The van der Waals surface area contributed by atoms with Gasteiger partial charge in [0.25, 0.3) is 0 Å². The highest BCUT2D eigenvalue weighted by Gasteiger charge is 2.54. The monoisotopic (exact) mass is 495 g/mol. The molecule has 0 radical (unpaired) electrons. The first-order valence-corrected chi connectivity index (χ1v) is 12.5. The molecular weight excluding hydrogens is 461 g/mol. The number of amides is 2. The average Bonchev–Trinajstić information content (AvgIpc) is 3.01. The fourth-order valence-corrected chi connectivity index (χ4v) is 6.10. The largest absolute Gasteiger partial charge is 0.497 e. The van der Waals surface area contributed by atoms with Crippen LogP contribution in [0.1, 0.15) is 36.5 Å². The van der Waals surface area contributed by atoms with E-state index in [2.05, 4.69) is 22.8 Å². The van der Waals surface area contributed by atoms with Gasteiger partial charge in [-0.25, -0.2) is 9.18 Å². The number of likely N-dealkylation sites (N-methyl/N-ethyl adjacent to an activating group) is 1. The lowest BCUT2D eigenvalue weighted by Crippen LogP contribution is -2.53. The lowest BCUT2D eigenvalue weighted by atomic mass is 9.83. The van der Waals surface area contributed by atoms with Crippen molar-refractivity contribution in [2.45, 2.75) is 44.8 Å². The predicted octanol–water partition coefficient (Wildman–Crippen LogP) is 4.58. The van der Waals surface area contributed by atoms with Crippen LogP contribution < -0.4 is 14.2 Å². The van der Waals surface area contributed by atoms with Crippen molar-refractivity contribution < 1.29 is 23.4 Å². The molecule has 0 bridgehead atoms. The maximum Gasteiger partial charge on any atom is 0.325 e. The van der Waals surface area contributed by atoms with E-state index in [-0.39, 0.29) is 23.1 Å². The number of likely N-dealkylation sites (tertiary alicyclic amines) is 1. The Balaban J connectivity index is 1.40. The van der Waals surface area contributed by atoms with Gasteiger partial charge >= 0.3 is 6.03 Å². The SMILES string of the molecule is CCN1C(=O)N2Cc3cc(OC)cc(OC)c3CC=C2C12CCN(Cc1ccc(F)c(OC)c1)CC2. The second-order valence-corrected chi connectivity index (χ2v) is 9.65. The van der Waals surface area contributed by atoms with Gasteiger partial charge in [-0.2, -0.15) is 0 Å². The number of ether oxygens (including phenoxy) is 3. The summed E-state index contributed by atoms with van der Waals surface area (Å²) in [4.78, 5) is 20.1. The molecule has 2 aromatic carbocycles. The number of rotatable bonds is 6. The van der Waals surface area contributed by atoms with E-state index in [1.54, 1.807) is 20.3 Å². The van der Waals surface area contributed by atoms with Crippen molar-refractivity contribution in [3.63, 3.8) is 0 Å². The molecule has 3 aliphatic heterocycles. The summed E-state index contributed by atoms with van der Waals surface area (Å²) >= 11 is 0. The van der Waals surface area contributed by atoms with Crippen LogP contribution in [0.4, 0.5) is 9.18 Å². The molecule has 0 saturated carbocycles. The summed E-state index contributed by atoms with van der Waals surface area (Å²) in [7, 11) is 4.80. The molecule has 192 valence electrons. The Kier molecular flexibility index (Phi) is 6.55. The minimum Gasteiger partial charge on any atom is -0.497 e. The van der Waals surface area contributed by atoms with Gasteiger partial charge in [-0.3, -0.25) is 9.80 Å². The molecule has 1 spiro atoms. The number of carbonyl (C=O) groups is 1. The van der Waals surface area contributed by atoms with Gasteiger partial charge < -0.3 is 19.1 Å². The van der Waals surface area contributed by atoms with E-state index in [4.69, 9.17) is 14.2 Å². The Bertz CT molecular complexity index is 1190. The molecule has 2 saturated heterocycles. The van der Waals surface area contributed by atoms with E-state index in [0.29, 0.717) is 19.5 Å². The number of methoxy groups -OCH3 is 3. The Morgan fingerprint density at radius 1 is 1.00 bits per heavy atom. The molecule has 7 nitrogen and oxygen atoms in total. The zero-order chi connectivity index (χ0) is 25.4. The van der Waals surface area contributed by atoms with Crippen molar-refractivity contribution in [1.82, 2.24) is 14.7 Å². The zero-order valence-electron chi connectivity index (χ0n) is 21.5. The van der Waals surface area contributed by atoms with Crippen LogP contribution in [0.3, 0.4) is 0 Å². The normalized spacial score (nSPS) is 19.0. The molecule has 2 amide bonds. The number of urea groups is 1. The van der Waals surface area contributed by atoms with Crippen LogP contribution in [0.15, 0.2) is 42.1 Å². The van der Waals surface area contributed by atoms with Crippen molar-refractivity contribution in [3.8, 4) is 17.2 Å². The maximum atomic E-state index is 13.8. The second kappa shape index (κ2) is 9.65. The van der Waals surface area contributed by atoms with Gasteiger partial charge in [0.2, 0.25) is 0 Å². The first kappa shape index (κ1) is 24.4. The van der Waals surface area contributed by atoms with Crippen LogP contribution in [-0.4, -0.2) is 67.2 Å². The Labute approximate surface area is 212 Å². The summed E-state index contributed by atoms with van der Waals surface area (Å²) in [6.07, 6.45) is 4.64. The molecule has 0 aliphatic carbocycles.